The summed E-state index contributed by atoms with van der Waals surface area (Å²) < 4.78 is 11.3. The van der Waals surface area contributed by atoms with Crippen molar-refractivity contribution < 1.29 is 9.15 Å². The normalized spacial score (nSPS) is 18.4. The van der Waals surface area contributed by atoms with Crippen LogP contribution in [-0.4, -0.2) is 19.3 Å². The van der Waals surface area contributed by atoms with Crippen LogP contribution in [0, 0.1) is 0 Å². The first-order chi connectivity index (χ1) is 9.83. The van der Waals surface area contributed by atoms with Crippen molar-refractivity contribution in [2.24, 2.45) is 0 Å². The number of methoxy groups -OCH3 is 1. The number of rotatable bonds is 6. The average molecular weight is 271 g/mol. The lowest BCUT2D eigenvalue weighted by molar-refractivity contribution is -0.0705. The summed E-state index contributed by atoms with van der Waals surface area (Å²) in [6.07, 6.45) is 5.25. The monoisotopic (exact) mass is 271 g/mol. The van der Waals surface area contributed by atoms with E-state index in [9.17, 15) is 0 Å². The molecule has 0 aliphatic heterocycles. The van der Waals surface area contributed by atoms with Crippen molar-refractivity contribution in [3.8, 4) is 0 Å². The van der Waals surface area contributed by atoms with Gasteiger partial charge in [0.05, 0.1) is 17.9 Å². The fraction of sp³-hybridized carbons (Fsp3) is 0.412. The Morgan fingerprint density at radius 1 is 1.20 bits per heavy atom. The Bertz CT molecular complexity index is 512. The van der Waals surface area contributed by atoms with Crippen molar-refractivity contribution in [2.45, 2.75) is 30.9 Å². The molecule has 0 amide bonds. The fourth-order valence-electron chi connectivity index (χ4n) is 2.80. The van der Waals surface area contributed by atoms with E-state index in [0.717, 1.165) is 25.1 Å². The van der Waals surface area contributed by atoms with Gasteiger partial charge in [-0.3, -0.25) is 0 Å². The summed E-state index contributed by atoms with van der Waals surface area (Å²) in [5.41, 5.74) is 1.23. The predicted molar refractivity (Wildman–Crippen MR) is 78.6 cm³/mol. The zero-order valence-electron chi connectivity index (χ0n) is 11.8. The molecule has 106 valence electrons. The molecule has 1 aromatic carbocycles. The first kappa shape index (κ1) is 13.4. The Morgan fingerprint density at radius 3 is 2.55 bits per heavy atom. The van der Waals surface area contributed by atoms with Gasteiger partial charge in [-0.25, -0.2) is 0 Å². The summed E-state index contributed by atoms with van der Waals surface area (Å²) in [4.78, 5) is 0. The molecule has 3 heteroatoms. The van der Waals surface area contributed by atoms with Crippen molar-refractivity contribution in [1.82, 2.24) is 5.32 Å². The molecule has 2 aromatic rings. The molecule has 0 radical (unpaired) electrons. The largest absolute Gasteiger partial charge is 0.467 e. The number of hydrogen-bond acceptors (Lipinski definition) is 3. The highest BCUT2D eigenvalue weighted by Crippen LogP contribution is 2.35. The van der Waals surface area contributed by atoms with Gasteiger partial charge in [0.1, 0.15) is 5.76 Å². The summed E-state index contributed by atoms with van der Waals surface area (Å²) >= 11 is 0. The van der Waals surface area contributed by atoms with Crippen molar-refractivity contribution >= 4 is 0 Å². The molecule has 1 atom stereocenters. The van der Waals surface area contributed by atoms with E-state index in [1.165, 1.54) is 12.0 Å². The minimum Gasteiger partial charge on any atom is -0.467 e. The van der Waals surface area contributed by atoms with Crippen molar-refractivity contribution in [2.75, 3.05) is 13.7 Å². The van der Waals surface area contributed by atoms with Gasteiger partial charge in [0.25, 0.3) is 0 Å². The van der Waals surface area contributed by atoms with Crippen LogP contribution in [0.2, 0.25) is 0 Å². The molecule has 1 saturated carbocycles. The molecule has 3 nitrogen and oxygen atoms in total. The van der Waals surface area contributed by atoms with Crippen molar-refractivity contribution in [3.63, 3.8) is 0 Å². The van der Waals surface area contributed by atoms with Gasteiger partial charge in [0.15, 0.2) is 0 Å². The second kappa shape index (κ2) is 5.81. The minimum absolute atomic E-state index is 0.0135. The highest BCUT2D eigenvalue weighted by molar-refractivity contribution is 5.26. The van der Waals surface area contributed by atoms with Gasteiger partial charge in [-0.05, 0) is 37.0 Å². The third-order valence-corrected chi connectivity index (χ3v) is 4.29. The molecule has 1 aliphatic carbocycles. The lowest BCUT2D eigenvalue weighted by Gasteiger charge is -2.41. The SMILES string of the molecule is COC1(CNC(c2ccccc2)c2ccco2)CCC1. The van der Waals surface area contributed by atoms with Crippen LogP contribution in [0.1, 0.15) is 36.6 Å². The van der Waals surface area contributed by atoms with E-state index >= 15 is 0 Å². The summed E-state index contributed by atoms with van der Waals surface area (Å²) in [6.45, 7) is 0.851. The molecular weight excluding hydrogens is 250 g/mol. The maximum atomic E-state index is 5.68. The Kier molecular flexibility index (Phi) is 3.90. The van der Waals surface area contributed by atoms with E-state index in [1.54, 1.807) is 6.26 Å². The number of benzene rings is 1. The molecule has 1 aromatic heterocycles. The van der Waals surface area contributed by atoms with Crippen LogP contribution in [0.5, 0.6) is 0 Å². The van der Waals surface area contributed by atoms with Gasteiger partial charge in [0.2, 0.25) is 0 Å². The van der Waals surface area contributed by atoms with Gasteiger partial charge >= 0.3 is 0 Å². The highest BCUT2D eigenvalue weighted by atomic mass is 16.5. The van der Waals surface area contributed by atoms with Crippen LogP contribution in [0.15, 0.2) is 53.1 Å². The molecule has 0 spiro atoms. The van der Waals surface area contributed by atoms with E-state index in [4.69, 9.17) is 9.15 Å². The fourth-order valence-corrected chi connectivity index (χ4v) is 2.80. The summed E-state index contributed by atoms with van der Waals surface area (Å²) in [6, 6.07) is 14.4. The van der Waals surface area contributed by atoms with Gasteiger partial charge in [-0.15, -0.1) is 0 Å². The van der Waals surface area contributed by atoms with Crippen LogP contribution in [0.4, 0.5) is 0 Å². The molecule has 3 rings (SSSR count). The third-order valence-electron chi connectivity index (χ3n) is 4.29. The van der Waals surface area contributed by atoms with E-state index in [2.05, 4.69) is 29.6 Å². The average Bonchev–Trinajstić information content (AvgIpc) is 2.97. The molecule has 1 fully saturated rings. The lowest BCUT2D eigenvalue weighted by atomic mass is 9.79. The lowest BCUT2D eigenvalue weighted by Crippen LogP contribution is -2.48. The molecule has 0 bridgehead atoms. The van der Waals surface area contributed by atoms with E-state index in [1.807, 2.05) is 25.3 Å². The summed E-state index contributed by atoms with van der Waals surface area (Å²) in [7, 11) is 1.81. The quantitative estimate of drug-likeness (QED) is 0.872. The van der Waals surface area contributed by atoms with Gasteiger partial charge < -0.3 is 14.5 Å². The van der Waals surface area contributed by atoms with E-state index in [0.29, 0.717) is 0 Å². The molecule has 1 unspecified atom stereocenters. The van der Waals surface area contributed by atoms with E-state index in [-0.39, 0.29) is 11.6 Å². The Balaban J connectivity index is 1.77. The maximum absolute atomic E-state index is 5.68. The van der Waals surface area contributed by atoms with Crippen molar-refractivity contribution in [1.29, 1.82) is 0 Å². The summed E-state index contributed by atoms with van der Waals surface area (Å²) in [5.74, 6) is 0.946. The van der Waals surface area contributed by atoms with Crippen LogP contribution in [-0.2, 0) is 4.74 Å². The van der Waals surface area contributed by atoms with Crippen molar-refractivity contribution in [3.05, 3.63) is 60.1 Å². The van der Waals surface area contributed by atoms with Gasteiger partial charge in [-0.1, -0.05) is 30.3 Å². The Labute approximate surface area is 119 Å². The first-order valence-electron chi connectivity index (χ1n) is 7.20. The Hall–Kier alpha value is -1.58. The van der Waals surface area contributed by atoms with Crippen LogP contribution in [0.3, 0.4) is 0 Å². The molecule has 1 N–H and O–H groups in total. The molecule has 1 heterocycles. The zero-order valence-corrected chi connectivity index (χ0v) is 11.8. The van der Waals surface area contributed by atoms with Crippen LogP contribution < -0.4 is 5.32 Å². The number of furan rings is 1. The zero-order chi connectivity index (χ0) is 13.8. The smallest absolute Gasteiger partial charge is 0.125 e. The number of ether oxygens (including phenoxy) is 1. The summed E-state index contributed by atoms with van der Waals surface area (Å²) in [5, 5.41) is 3.61. The topological polar surface area (TPSA) is 34.4 Å². The predicted octanol–water partition coefficient (Wildman–Crippen LogP) is 3.53. The molecular formula is C17H21NO2. The molecule has 1 aliphatic rings. The number of hydrogen-bond donors (Lipinski definition) is 1. The first-order valence-corrected chi connectivity index (χ1v) is 7.20. The Morgan fingerprint density at radius 2 is 2.00 bits per heavy atom. The second-order valence-electron chi connectivity index (χ2n) is 5.48. The minimum atomic E-state index is 0.0135. The standard InChI is InChI=1S/C17H21NO2/c1-19-17(10-6-11-17)13-18-16(15-9-5-12-20-15)14-7-3-2-4-8-14/h2-5,7-9,12,16,18H,6,10-11,13H2,1H3. The second-order valence-corrected chi connectivity index (χ2v) is 5.48. The number of nitrogens with one attached hydrogen (secondary N) is 1. The highest BCUT2D eigenvalue weighted by Gasteiger charge is 2.37. The van der Waals surface area contributed by atoms with E-state index < -0.39 is 0 Å². The maximum Gasteiger partial charge on any atom is 0.125 e. The van der Waals surface area contributed by atoms with Gasteiger partial charge in [-0.2, -0.15) is 0 Å². The third kappa shape index (κ3) is 2.65. The van der Waals surface area contributed by atoms with Gasteiger partial charge in [0, 0.05) is 13.7 Å². The molecule has 0 saturated heterocycles. The van der Waals surface area contributed by atoms with Crippen LogP contribution in [0.25, 0.3) is 0 Å². The van der Waals surface area contributed by atoms with Crippen LogP contribution >= 0.6 is 0 Å². The molecule has 20 heavy (non-hydrogen) atoms.